The van der Waals surface area contributed by atoms with E-state index in [4.69, 9.17) is 20.4 Å². The second kappa shape index (κ2) is 30.7. The van der Waals surface area contributed by atoms with Crippen LogP contribution in [0.15, 0.2) is 0 Å². The number of carboxylic acids is 8. The molecule has 2 rings (SSSR count). The van der Waals surface area contributed by atoms with Gasteiger partial charge in [-0.3, -0.25) is 77.3 Å². The van der Waals surface area contributed by atoms with E-state index >= 15 is 0 Å². The zero-order chi connectivity index (χ0) is 50.1. The van der Waals surface area contributed by atoms with Gasteiger partial charge in [0.2, 0.25) is 11.8 Å². The third-order valence-corrected chi connectivity index (χ3v) is 11.6. The van der Waals surface area contributed by atoms with Gasteiger partial charge in [0.15, 0.2) is 0 Å². The van der Waals surface area contributed by atoms with Crippen LogP contribution < -0.4 is 10.6 Å². The summed E-state index contributed by atoms with van der Waals surface area (Å²) in [5.74, 6) is -9.71. The Bertz CT molecular complexity index is 1520. The number of aliphatic carboxylic acids is 8. The molecule has 2 fully saturated rings. The average molecular weight is 961 g/mol. The summed E-state index contributed by atoms with van der Waals surface area (Å²) in [7, 11) is 0. The van der Waals surface area contributed by atoms with Gasteiger partial charge in [-0.25, -0.2) is 0 Å². The molecule has 67 heavy (non-hydrogen) atoms. The van der Waals surface area contributed by atoms with Crippen LogP contribution in [0.1, 0.15) is 57.8 Å². The molecular weight excluding hydrogens is 892 g/mol. The molecule has 0 aromatic heterocycles. The first-order chi connectivity index (χ1) is 31.5. The molecule has 0 aromatic carbocycles. The fourth-order valence-electron chi connectivity index (χ4n) is 8.57. The predicted molar refractivity (Wildman–Crippen MR) is 232 cm³/mol. The van der Waals surface area contributed by atoms with Gasteiger partial charge >= 0.3 is 47.8 Å². The minimum absolute atomic E-state index is 0.000703. The number of hydrogen-bond acceptors (Lipinski definition) is 16. The van der Waals surface area contributed by atoms with E-state index in [-0.39, 0.29) is 89.3 Å². The van der Waals surface area contributed by atoms with Gasteiger partial charge < -0.3 is 51.5 Å². The number of carbonyl (C=O) groups excluding carboxylic acids is 2. The zero-order valence-electron chi connectivity index (χ0n) is 37.7. The highest BCUT2D eigenvalue weighted by molar-refractivity contribution is 5.80. The van der Waals surface area contributed by atoms with E-state index < -0.39 is 100 Å². The van der Waals surface area contributed by atoms with Gasteiger partial charge in [-0.15, -0.1) is 0 Å². The van der Waals surface area contributed by atoms with Crippen molar-refractivity contribution in [2.75, 3.05) is 118 Å². The van der Waals surface area contributed by atoms with Gasteiger partial charge in [-0.1, -0.05) is 0 Å². The van der Waals surface area contributed by atoms with E-state index in [1.54, 1.807) is 0 Å². The Hall–Kier alpha value is -5.54. The molecule has 10 N–H and O–H groups in total. The van der Waals surface area contributed by atoms with Crippen LogP contribution in [0.5, 0.6) is 0 Å². The van der Waals surface area contributed by atoms with Crippen LogP contribution in [0.2, 0.25) is 0 Å². The molecule has 0 heterocycles. The van der Waals surface area contributed by atoms with Crippen molar-refractivity contribution in [1.29, 1.82) is 0 Å². The fraction of sp³-hybridized carbons (Fsp3) is 0.756. The first-order valence-corrected chi connectivity index (χ1v) is 22.2. The maximum absolute atomic E-state index is 13.1. The topological polar surface area (TPSA) is 376 Å². The molecular formula is C41H68N8O18. The predicted octanol–water partition coefficient (Wildman–Crippen LogP) is -2.78. The summed E-state index contributed by atoms with van der Waals surface area (Å²) < 4.78 is 0. The van der Waals surface area contributed by atoms with E-state index in [1.807, 2.05) is 0 Å². The summed E-state index contributed by atoms with van der Waals surface area (Å²) >= 11 is 0. The van der Waals surface area contributed by atoms with E-state index in [0.717, 1.165) is 67.6 Å². The maximum Gasteiger partial charge on any atom is 0.317 e. The van der Waals surface area contributed by atoms with Crippen LogP contribution in [-0.2, 0) is 47.9 Å². The lowest BCUT2D eigenvalue weighted by Gasteiger charge is -2.35. The van der Waals surface area contributed by atoms with Crippen molar-refractivity contribution in [2.24, 2.45) is 11.8 Å². The van der Waals surface area contributed by atoms with Crippen LogP contribution in [-0.4, -0.2) is 260 Å². The molecule has 2 saturated carbocycles. The van der Waals surface area contributed by atoms with Crippen molar-refractivity contribution >= 4 is 59.6 Å². The van der Waals surface area contributed by atoms with Crippen molar-refractivity contribution in [3.05, 3.63) is 0 Å². The number of carbonyl (C=O) groups is 10. The largest absolute Gasteiger partial charge is 0.480 e. The highest BCUT2D eigenvalue weighted by Gasteiger charge is 2.29. The minimum atomic E-state index is -1.26. The molecule has 0 saturated heterocycles. The van der Waals surface area contributed by atoms with Gasteiger partial charge in [0.25, 0.3) is 0 Å². The quantitative estimate of drug-likeness (QED) is 0.0303. The minimum Gasteiger partial charge on any atom is -0.480 e. The Labute approximate surface area is 387 Å². The van der Waals surface area contributed by atoms with Gasteiger partial charge in [-0.2, -0.15) is 0 Å². The van der Waals surface area contributed by atoms with Crippen LogP contribution in [0.25, 0.3) is 0 Å². The Morgan fingerprint density at radius 3 is 0.716 bits per heavy atom. The van der Waals surface area contributed by atoms with Crippen LogP contribution in [0, 0.1) is 11.8 Å². The van der Waals surface area contributed by atoms with Gasteiger partial charge in [0.05, 0.1) is 65.4 Å². The van der Waals surface area contributed by atoms with E-state index in [0.29, 0.717) is 11.8 Å². The molecule has 2 aliphatic rings. The normalized spacial score (nSPS) is 18.6. The zero-order valence-corrected chi connectivity index (χ0v) is 37.7. The molecule has 0 radical (unpaired) electrons. The van der Waals surface area contributed by atoms with E-state index in [9.17, 15) is 68.4 Å². The van der Waals surface area contributed by atoms with Crippen LogP contribution in [0.3, 0.4) is 0 Å². The van der Waals surface area contributed by atoms with Crippen molar-refractivity contribution in [2.45, 2.75) is 69.9 Å². The number of carboxylic acid groups (broad SMARTS) is 8. The molecule has 0 unspecified atom stereocenters. The van der Waals surface area contributed by atoms with Gasteiger partial charge in [-0.05, 0) is 69.6 Å². The third-order valence-electron chi connectivity index (χ3n) is 11.6. The molecule has 0 aliphatic heterocycles. The van der Waals surface area contributed by atoms with Crippen molar-refractivity contribution in [3.63, 3.8) is 0 Å². The van der Waals surface area contributed by atoms with Crippen LogP contribution >= 0.6 is 0 Å². The molecule has 2 amide bonds. The van der Waals surface area contributed by atoms with Gasteiger partial charge in [0.1, 0.15) is 0 Å². The molecule has 0 bridgehead atoms. The van der Waals surface area contributed by atoms with Gasteiger partial charge in [0, 0.05) is 64.4 Å². The molecule has 26 heteroatoms. The second-order valence-electron chi connectivity index (χ2n) is 17.4. The first-order valence-electron chi connectivity index (χ1n) is 22.2. The van der Waals surface area contributed by atoms with Crippen molar-refractivity contribution < 1.29 is 88.8 Å². The lowest BCUT2D eigenvalue weighted by molar-refractivity contribution is -0.144. The second-order valence-corrected chi connectivity index (χ2v) is 17.4. The number of hydrogen-bond donors (Lipinski definition) is 10. The molecule has 0 spiro atoms. The summed E-state index contributed by atoms with van der Waals surface area (Å²) in [6.45, 7) is -4.86. The standard InChI is InChI=1S/C41H68N8O18/c50-32(18-46(22-36(56)57)13-9-44(20-34(52)53)11-15-48(24-38(60)61)25-39(62)63)42-30-5-1-28(2-6-30)17-29-3-7-31(8-4-29)43-33(51)19-47(23-37(58)59)14-10-45(21-35(54)55)12-16-49(26-40(64)65)27-41(66)67/h28-31H,1-27H2,(H,42,50)(H,43,51)(H,52,53)(H,54,55)(H,56,57)(H,58,59)(H,60,61)(H,62,63)(H,64,65)(H,66,67). The fourth-order valence-corrected chi connectivity index (χ4v) is 8.57. The Kier molecular flexibility index (Phi) is 26.4. The summed E-state index contributed by atoms with van der Waals surface area (Å²) in [4.78, 5) is 125. The Morgan fingerprint density at radius 1 is 0.299 bits per heavy atom. The van der Waals surface area contributed by atoms with Crippen molar-refractivity contribution in [1.82, 2.24) is 40.0 Å². The lowest BCUT2D eigenvalue weighted by atomic mass is 9.75. The Balaban J connectivity index is 1.81. The molecule has 380 valence electrons. The number of rotatable bonds is 36. The van der Waals surface area contributed by atoms with E-state index in [1.165, 1.54) is 19.6 Å². The molecule has 2 aliphatic carbocycles. The Morgan fingerprint density at radius 2 is 0.493 bits per heavy atom. The van der Waals surface area contributed by atoms with Crippen LogP contribution in [0.4, 0.5) is 0 Å². The highest BCUT2D eigenvalue weighted by atomic mass is 16.4. The molecule has 0 atom stereocenters. The molecule has 0 aromatic rings. The summed E-state index contributed by atoms with van der Waals surface area (Å²) in [6.07, 6.45) is 7.38. The number of nitrogens with one attached hydrogen (secondary N) is 2. The average Bonchev–Trinajstić information content (AvgIpc) is 3.19. The monoisotopic (exact) mass is 960 g/mol. The number of nitrogens with zero attached hydrogens (tertiary/aromatic N) is 6. The highest BCUT2D eigenvalue weighted by Crippen LogP contribution is 2.35. The SMILES string of the molecule is O=C(O)CN(CCN(CC(=O)O)CC(=O)O)CCN(CC(=O)O)CC(=O)NC1CCC(CC2CCC(NC(=O)CN(CCN(CCN(CC(=O)O)CC(=O)O)CC(=O)O)CC(=O)O)CC2)CC1. The summed E-state index contributed by atoms with van der Waals surface area (Å²) in [5.41, 5.74) is 0. The first kappa shape index (κ1) is 57.6. The smallest absolute Gasteiger partial charge is 0.317 e. The lowest BCUT2D eigenvalue weighted by Crippen LogP contribution is -2.48. The van der Waals surface area contributed by atoms with E-state index in [2.05, 4.69) is 10.6 Å². The third kappa shape index (κ3) is 27.6. The summed E-state index contributed by atoms with van der Waals surface area (Å²) in [5, 5.41) is 80.1. The summed E-state index contributed by atoms with van der Waals surface area (Å²) in [6, 6.07) is -0.225. The molecule has 26 nitrogen and oxygen atoms in total. The maximum atomic E-state index is 13.1. The van der Waals surface area contributed by atoms with Crippen molar-refractivity contribution in [3.8, 4) is 0 Å². The number of amides is 2.